The molecule has 1 aliphatic rings. The Kier molecular flexibility index (Phi) is 3.56. The first-order valence-corrected chi connectivity index (χ1v) is 6.91. The first kappa shape index (κ1) is 12.3. The van der Waals surface area contributed by atoms with Crippen LogP contribution in [-0.2, 0) is 19.3 Å². The van der Waals surface area contributed by atoms with E-state index < -0.39 is 0 Å². The Morgan fingerprint density at radius 3 is 2.84 bits per heavy atom. The molecule has 0 bridgehead atoms. The summed E-state index contributed by atoms with van der Waals surface area (Å²) in [7, 11) is 2.00. The zero-order valence-corrected chi connectivity index (χ0v) is 11.3. The summed E-state index contributed by atoms with van der Waals surface area (Å²) >= 11 is 0. The molecule has 98 valence electrons. The quantitative estimate of drug-likeness (QED) is 0.909. The number of nitrogens with zero attached hydrogens (tertiary/aromatic N) is 2. The molecule has 0 amide bonds. The number of aromatic nitrogens is 2. The maximum Gasteiger partial charge on any atom is 0.0544 e. The molecular formula is C16H19N3. The molecule has 3 rings (SSSR count). The predicted molar refractivity (Wildman–Crippen MR) is 76.0 cm³/mol. The van der Waals surface area contributed by atoms with Crippen LogP contribution >= 0.6 is 0 Å². The fourth-order valence-electron chi connectivity index (χ4n) is 2.88. The van der Waals surface area contributed by atoms with Crippen molar-refractivity contribution < 1.29 is 0 Å². The lowest BCUT2D eigenvalue weighted by molar-refractivity contribution is 0.587. The van der Waals surface area contributed by atoms with Crippen molar-refractivity contribution in [1.82, 2.24) is 15.5 Å². The molecule has 1 aromatic heterocycles. The lowest BCUT2D eigenvalue weighted by Gasteiger charge is -2.16. The van der Waals surface area contributed by atoms with Gasteiger partial charge in [0.1, 0.15) is 0 Å². The van der Waals surface area contributed by atoms with Crippen LogP contribution in [0.3, 0.4) is 0 Å². The number of nitrogens with one attached hydrogen (secondary N) is 1. The fourth-order valence-corrected chi connectivity index (χ4v) is 2.88. The van der Waals surface area contributed by atoms with E-state index >= 15 is 0 Å². The van der Waals surface area contributed by atoms with Crippen molar-refractivity contribution in [1.29, 1.82) is 0 Å². The van der Waals surface area contributed by atoms with Crippen molar-refractivity contribution in [2.75, 3.05) is 7.05 Å². The second kappa shape index (κ2) is 5.49. The number of likely N-dealkylation sites (N-methyl/N-ethyl adjacent to an activating group) is 1. The molecular weight excluding hydrogens is 234 g/mol. The molecule has 0 aliphatic heterocycles. The molecule has 0 radical (unpaired) electrons. The highest BCUT2D eigenvalue weighted by molar-refractivity contribution is 5.36. The van der Waals surface area contributed by atoms with Crippen LogP contribution in [0.2, 0.25) is 0 Å². The van der Waals surface area contributed by atoms with Crippen LogP contribution in [0.4, 0.5) is 0 Å². The fraction of sp³-hybridized carbons (Fsp3) is 0.375. The van der Waals surface area contributed by atoms with Crippen molar-refractivity contribution in [2.45, 2.75) is 31.7 Å². The normalized spacial score (nSPS) is 15.2. The van der Waals surface area contributed by atoms with Crippen LogP contribution in [0.5, 0.6) is 0 Å². The third-order valence-corrected chi connectivity index (χ3v) is 3.96. The van der Waals surface area contributed by atoms with Gasteiger partial charge in [-0.2, -0.15) is 10.2 Å². The van der Waals surface area contributed by atoms with Gasteiger partial charge in [0.25, 0.3) is 0 Å². The topological polar surface area (TPSA) is 37.8 Å². The maximum atomic E-state index is 3.96. The zero-order valence-electron chi connectivity index (χ0n) is 11.3. The summed E-state index contributed by atoms with van der Waals surface area (Å²) in [6.45, 7) is 0. The van der Waals surface area contributed by atoms with Crippen molar-refractivity contribution >= 4 is 0 Å². The van der Waals surface area contributed by atoms with Crippen molar-refractivity contribution in [3.05, 3.63) is 58.9 Å². The second-order valence-corrected chi connectivity index (χ2v) is 5.18. The number of benzene rings is 1. The third-order valence-electron chi connectivity index (χ3n) is 3.96. The van der Waals surface area contributed by atoms with Gasteiger partial charge < -0.3 is 5.32 Å². The molecule has 3 heteroatoms. The van der Waals surface area contributed by atoms with E-state index in [4.69, 9.17) is 0 Å². The second-order valence-electron chi connectivity index (χ2n) is 5.18. The van der Waals surface area contributed by atoms with E-state index in [9.17, 15) is 0 Å². The summed E-state index contributed by atoms with van der Waals surface area (Å²) in [6, 6.07) is 9.27. The predicted octanol–water partition coefficient (Wildman–Crippen LogP) is 2.47. The van der Waals surface area contributed by atoms with Gasteiger partial charge in [-0.25, -0.2) is 0 Å². The average Bonchev–Trinajstić information content (AvgIpc) is 2.93. The number of hydrogen-bond donors (Lipinski definition) is 1. The van der Waals surface area contributed by atoms with Gasteiger partial charge in [0.15, 0.2) is 0 Å². The highest BCUT2D eigenvalue weighted by atomic mass is 15.1. The smallest absolute Gasteiger partial charge is 0.0544 e. The van der Waals surface area contributed by atoms with Gasteiger partial charge in [0.2, 0.25) is 0 Å². The summed E-state index contributed by atoms with van der Waals surface area (Å²) in [4.78, 5) is 0. The van der Waals surface area contributed by atoms with Gasteiger partial charge in [0, 0.05) is 12.2 Å². The molecule has 0 spiro atoms. The van der Waals surface area contributed by atoms with E-state index in [0.717, 1.165) is 6.42 Å². The Hall–Kier alpha value is -1.74. The molecule has 19 heavy (non-hydrogen) atoms. The molecule has 1 unspecified atom stereocenters. The van der Waals surface area contributed by atoms with Crippen LogP contribution in [0.15, 0.2) is 36.7 Å². The van der Waals surface area contributed by atoms with Gasteiger partial charge in [0.05, 0.1) is 6.20 Å². The lowest BCUT2D eigenvalue weighted by Crippen LogP contribution is -2.19. The number of rotatable bonds is 4. The standard InChI is InChI=1S/C16H19N3/c1-17-16(15-7-8-18-19-11-15)10-12-5-6-13-3-2-4-14(13)9-12/h5-9,11,16-17H,2-4,10H2,1H3. The first-order chi connectivity index (χ1) is 9.36. The Morgan fingerprint density at radius 2 is 2.05 bits per heavy atom. The highest BCUT2D eigenvalue weighted by Gasteiger charge is 2.14. The van der Waals surface area contributed by atoms with E-state index in [-0.39, 0.29) is 0 Å². The summed E-state index contributed by atoms with van der Waals surface area (Å²) in [5.41, 5.74) is 5.67. The minimum Gasteiger partial charge on any atom is -0.313 e. The molecule has 0 fully saturated rings. The van der Waals surface area contributed by atoms with Gasteiger partial charge in [-0.15, -0.1) is 0 Å². The highest BCUT2D eigenvalue weighted by Crippen LogP contribution is 2.25. The van der Waals surface area contributed by atoms with Crippen LogP contribution in [0.25, 0.3) is 0 Å². The summed E-state index contributed by atoms with van der Waals surface area (Å²) in [5.74, 6) is 0. The molecule has 3 nitrogen and oxygen atoms in total. The van der Waals surface area contributed by atoms with E-state index in [1.54, 1.807) is 11.8 Å². The van der Waals surface area contributed by atoms with Crippen molar-refractivity contribution in [3.63, 3.8) is 0 Å². The monoisotopic (exact) mass is 253 g/mol. The number of hydrogen-bond acceptors (Lipinski definition) is 3. The van der Waals surface area contributed by atoms with E-state index in [0.29, 0.717) is 6.04 Å². The molecule has 1 N–H and O–H groups in total. The Bertz CT molecular complexity index is 551. The largest absolute Gasteiger partial charge is 0.313 e. The minimum absolute atomic E-state index is 0.301. The average molecular weight is 253 g/mol. The molecule has 1 aliphatic carbocycles. The molecule has 0 saturated heterocycles. The zero-order chi connectivity index (χ0) is 13.1. The Labute approximate surface area is 114 Å². The SMILES string of the molecule is CNC(Cc1ccc2c(c1)CCC2)c1ccnnc1. The molecule has 1 aromatic carbocycles. The third kappa shape index (κ3) is 2.66. The van der Waals surface area contributed by atoms with Gasteiger partial charge in [-0.05, 0) is 61.1 Å². The van der Waals surface area contributed by atoms with Gasteiger partial charge >= 0.3 is 0 Å². The molecule has 0 saturated carbocycles. The van der Waals surface area contributed by atoms with Crippen molar-refractivity contribution in [3.8, 4) is 0 Å². The maximum absolute atomic E-state index is 3.96. The minimum atomic E-state index is 0.301. The molecule has 1 atom stereocenters. The first-order valence-electron chi connectivity index (χ1n) is 6.91. The summed E-state index contributed by atoms with van der Waals surface area (Å²) in [6.07, 6.45) is 8.39. The Balaban J connectivity index is 1.80. The van der Waals surface area contributed by atoms with E-state index in [1.165, 1.54) is 36.0 Å². The van der Waals surface area contributed by atoms with Crippen LogP contribution in [-0.4, -0.2) is 17.2 Å². The van der Waals surface area contributed by atoms with E-state index in [2.05, 4.69) is 33.7 Å². The number of aryl methyl sites for hydroxylation is 2. The van der Waals surface area contributed by atoms with E-state index in [1.807, 2.05) is 19.3 Å². The van der Waals surface area contributed by atoms with Gasteiger partial charge in [-0.3, -0.25) is 0 Å². The molecule has 2 aromatic rings. The lowest BCUT2D eigenvalue weighted by atomic mass is 9.98. The summed E-state index contributed by atoms with van der Waals surface area (Å²) in [5, 5.41) is 11.2. The molecule has 1 heterocycles. The van der Waals surface area contributed by atoms with Crippen molar-refractivity contribution in [2.24, 2.45) is 0 Å². The summed E-state index contributed by atoms with van der Waals surface area (Å²) < 4.78 is 0. The van der Waals surface area contributed by atoms with Crippen LogP contribution in [0.1, 0.15) is 34.7 Å². The van der Waals surface area contributed by atoms with Crippen LogP contribution < -0.4 is 5.32 Å². The van der Waals surface area contributed by atoms with Crippen LogP contribution in [0, 0.1) is 0 Å². The van der Waals surface area contributed by atoms with Gasteiger partial charge in [-0.1, -0.05) is 18.2 Å². The Morgan fingerprint density at radius 1 is 1.16 bits per heavy atom. The number of fused-ring (bicyclic) bond motifs is 1.